The maximum absolute atomic E-state index is 12.7. The molecule has 0 aliphatic heterocycles. The van der Waals surface area contributed by atoms with Crippen LogP contribution in [-0.4, -0.2) is 39.5 Å². The summed E-state index contributed by atoms with van der Waals surface area (Å²) in [6, 6.07) is 8.58. The lowest BCUT2D eigenvalue weighted by Gasteiger charge is -2.15. The Morgan fingerprint density at radius 1 is 0.909 bits per heavy atom. The second-order valence-electron chi connectivity index (χ2n) is 7.17. The van der Waals surface area contributed by atoms with Gasteiger partial charge in [-0.15, -0.1) is 0 Å². The zero-order valence-electron chi connectivity index (χ0n) is 19.6. The van der Waals surface area contributed by atoms with Crippen LogP contribution in [0, 0.1) is 13.8 Å². The molecule has 3 rings (SSSR count). The van der Waals surface area contributed by atoms with Crippen LogP contribution < -0.4 is 29.0 Å². The van der Waals surface area contributed by atoms with E-state index < -0.39 is 0 Å². The summed E-state index contributed by atoms with van der Waals surface area (Å²) in [5.74, 6) is 2.92. The molecule has 0 aliphatic carbocycles. The highest BCUT2D eigenvalue weighted by atomic mass is 16.5. The first kappa shape index (κ1) is 23.8. The van der Waals surface area contributed by atoms with Gasteiger partial charge in [0.25, 0.3) is 5.91 Å². The summed E-state index contributed by atoms with van der Waals surface area (Å²) < 4.78 is 32.5. The van der Waals surface area contributed by atoms with Gasteiger partial charge in [0.05, 0.1) is 39.7 Å². The minimum absolute atomic E-state index is 0.265. The zero-order chi connectivity index (χ0) is 24.0. The molecule has 3 aromatic rings. The average Bonchev–Trinajstić information content (AvgIpc) is 3.16. The quantitative estimate of drug-likeness (QED) is 0.491. The first-order valence-corrected chi connectivity index (χ1v) is 10.2. The first-order valence-electron chi connectivity index (χ1n) is 10.2. The molecule has 33 heavy (non-hydrogen) atoms. The van der Waals surface area contributed by atoms with E-state index in [9.17, 15) is 4.79 Å². The molecule has 1 aromatic heterocycles. The molecule has 0 fully saturated rings. The van der Waals surface area contributed by atoms with Crippen LogP contribution in [0.3, 0.4) is 0 Å². The normalized spacial score (nSPS) is 10.5. The van der Waals surface area contributed by atoms with Gasteiger partial charge in [-0.1, -0.05) is 5.16 Å². The molecular weight excluding hydrogens is 428 g/mol. The Morgan fingerprint density at radius 3 is 2.12 bits per heavy atom. The lowest BCUT2D eigenvalue weighted by atomic mass is 10.1. The number of aryl methyl sites for hydroxylation is 2. The summed E-state index contributed by atoms with van der Waals surface area (Å²) in [5, 5.41) is 6.81. The van der Waals surface area contributed by atoms with Gasteiger partial charge in [0.15, 0.2) is 23.0 Å². The van der Waals surface area contributed by atoms with E-state index in [4.69, 9.17) is 28.2 Å². The zero-order valence-corrected chi connectivity index (χ0v) is 19.6. The van der Waals surface area contributed by atoms with Crippen LogP contribution >= 0.6 is 0 Å². The molecule has 0 bridgehead atoms. The van der Waals surface area contributed by atoms with E-state index in [2.05, 4.69) is 10.5 Å². The van der Waals surface area contributed by atoms with Gasteiger partial charge in [0.2, 0.25) is 5.75 Å². The van der Waals surface area contributed by atoms with Crippen molar-refractivity contribution < 1.29 is 33.0 Å². The molecule has 0 atom stereocenters. The van der Waals surface area contributed by atoms with E-state index in [-0.39, 0.29) is 19.1 Å². The van der Waals surface area contributed by atoms with E-state index >= 15 is 0 Å². The third kappa shape index (κ3) is 5.31. The van der Waals surface area contributed by atoms with E-state index in [1.54, 1.807) is 44.6 Å². The highest BCUT2D eigenvalue weighted by molar-refractivity contribution is 5.94. The number of benzene rings is 2. The number of carbonyl (C=O) groups is 1. The molecule has 9 nitrogen and oxygen atoms in total. The number of nitrogens with one attached hydrogen (secondary N) is 1. The van der Waals surface area contributed by atoms with Gasteiger partial charge in [-0.3, -0.25) is 4.79 Å². The van der Waals surface area contributed by atoms with Gasteiger partial charge in [-0.2, -0.15) is 0 Å². The van der Waals surface area contributed by atoms with Crippen molar-refractivity contribution in [3.8, 4) is 28.7 Å². The van der Waals surface area contributed by atoms with Gasteiger partial charge in [0, 0.05) is 12.1 Å². The second kappa shape index (κ2) is 10.6. The lowest BCUT2D eigenvalue weighted by Crippen LogP contribution is -2.23. The maximum Gasteiger partial charge on any atom is 0.251 e. The van der Waals surface area contributed by atoms with Crippen molar-refractivity contribution in [1.29, 1.82) is 0 Å². The van der Waals surface area contributed by atoms with E-state index in [0.29, 0.717) is 40.1 Å². The molecule has 1 N–H and O–H groups in total. The monoisotopic (exact) mass is 456 g/mol. The van der Waals surface area contributed by atoms with Crippen molar-refractivity contribution in [1.82, 2.24) is 10.5 Å². The number of nitrogens with zero attached hydrogens (tertiary/aromatic N) is 1. The van der Waals surface area contributed by atoms with Gasteiger partial charge < -0.3 is 33.5 Å². The Kier molecular flexibility index (Phi) is 7.66. The van der Waals surface area contributed by atoms with E-state index in [1.165, 1.54) is 14.2 Å². The van der Waals surface area contributed by atoms with Crippen molar-refractivity contribution >= 4 is 5.91 Å². The minimum Gasteiger partial charge on any atom is -0.493 e. The molecule has 0 saturated carbocycles. The predicted octanol–water partition coefficient (Wildman–Crippen LogP) is 3.83. The van der Waals surface area contributed by atoms with Crippen LogP contribution in [0.1, 0.15) is 32.9 Å². The minimum atomic E-state index is -0.265. The standard InChI is InChI=1S/C24H28N2O7/c1-14-18(15(2)33-26-14)13-32-19-8-7-17(11-20(19)28-3)24(27)25-12-16-9-21(29-4)23(31-6)22(10-16)30-5/h7-11H,12-13H2,1-6H3,(H,25,27). The Morgan fingerprint density at radius 2 is 1.58 bits per heavy atom. The van der Waals surface area contributed by atoms with Crippen LogP contribution in [0.2, 0.25) is 0 Å². The molecule has 0 spiro atoms. The molecule has 176 valence electrons. The summed E-state index contributed by atoms with van der Waals surface area (Å²) in [6.07, 6.45) is 0. The number of rotatable bonds is 10. The predicted molar refractivity (Wildman–Crippen MR) is 121 cm³/mol. The summed E-state index contributed by atoms with van der Waals surface area (Å²) in [4.78, 5) is 12.7. The van der Waals surface area contributed by atoms with Gasteiger partial charge in [-0.05, 0) is 49.7 Å². The molecule has 0 aliphatic rings. The fraction of sp³-hybridized carbons (Fsp3) is 0.333. The van der Waals surface area contributed by atoms with Crippen LogP contribution in [-0.2, 0) is 13.2 Å². The smallest absolute Gasteiger partial charge is 0.251 e. The van der Waals surface area contributed by atoms with Gasteiger partial charge in [-0.25, -0.2) is 0 Å². The molecule has 1 heterocycles. The number of ether oxygens (including phenoxy) is 5. The third-order valence-electron chi connectivity index (χ3n) is 5.16. The molecule has 0 saturated heterocycles. The number of aromatic nitrogens is 1. The molecular formula is C24H28N2O7. The Bertz CT molecular complexity index is 1080. The second-order valence-corrected chi connectivity index (χ2v) is 7.17. The number of hydrogen-bond donors (Lipinski definition) is 1. The molecule has 2 aromatic carbocycles. The summed E-state index contributed by atoms with van der Waals surface area (Å²) in [5.41, 5.74) is 2.88. The van der Waals surface area contributed by atoms with Crippen LogP contribution in [0.25, 0.3) is 0 Å². The average molecular weight is 456 g/mol. The molecule has 1 amide bonds. The molecule has 9 heteroatoms. The number of amides is 1. The topological polar surface area (TPSA) is 101 Å². The van der Waals surface area contributed by atoms with Crippen molar-refractivity contribution in [3.05, 3.63) is 58.5 Å². The fourth-order valence-electron chi connectivity index (χ4n) is 3.31. The highest BCUT2D eigenvalue weighted by Gasteiger charge is 2.16. The van der Waals surface area contributed by atoms with Crippen molar-refractivity contribution in [2.75, 3.05) is 28.4 Å². The van der Waals surface area contributed by atoms with Crippen molar-refractivity contribution in [2.45, 2.75) is 27.0 Å². The third-order valence-corrected chi connectivity index (χ3v) is 5.16. The first-order chi connectivity index (χ1) is 15.9. The van der Waals surface area contributed by atoms with E-state index in [0.717, 1.165) is 16.8 Å². The van der Waals surface area contributed by atoms with Crippen molar-refractivity contribution in [3.63, 3.8) is 0 Å². The highest BCUT2D eigenvalue weighted by Crippen LogP contribution is 2.38. The lowest BCUT2D eigenvalue weighted by molar-refractivity contribution is 0.0950. The molecule has 0 radical (unpaired) electrons. The largest absolute Gasteiger partial charge is 0.493 e. The van der Waals surface area contributed by atoms with Gasteiger partial charge in [0.1, 0.15) is 12.4 Å². The number of hydrogen-bond acceptors (Lipinski definition) is 8. The van der Waals surface area contributed by atoms with Crippen molar-refractivity contribution in [2.24, 2.45) is 0 Å². The maximum atomic E-state index is 12.7. The van der Waals surface area contributed by atoms with Crippen LogP contribution in [0.4, 0.5) is 0 Å². The SMILES string of the molecule is COc1cc(C(=O)NCc2cc(OC)c(OC)c(OC)c2)ccc1OCc1c(C)noc1C. The summed E-state index contributed by atoms with van der Waals surface area (Å²) in [6.45, 7) is 4.23. The molecule has 0 unspecified atom stereocenters. The Labute approximate surface area is 192 Å². The summed E-state index contributed by atoms with van der Waals surface area (Å²) in [7, 11) is 6.15. The van der Waals surface area contributed by atoms with Crippen LogP contribution in [0.15, 0.2) is 34.9 Å². The Balaban J connectivity index is 1.70. The van der Waals surface area contributed by atoms with E-state index in [1.807, 2.05) is 13.8 Å². The number of methoxy groups -OCH3 is 4. The van der Waals surface area contributed by atoms with Crippen LogP contribution in [0.5, 0.6) is 28.7 Å². The van der Waals surface area contributed by atoms with Gasteiger partial charge >= 0.3 is 0 Å². The Hall–Kier alpha value is -3.88. The fourth-order valence-corrected chi connectivity index (χ4v) is 3.31. The number of carbonyl (C=O) groups excluding carboxylic acids is 1. The summed E-state index contributed by atoms with van der Waals surface area (Å²) >= 11 is 0.